The van der Waals surface area contributed by atoms with Gasteiger partial charge in [-0.1, -0.05) is 24.3 Å². The first-order valence-electron chi connectivity index (χ1n) is 8.98. The number of nitro benzene ring substituents is 1. The number of hydrogen-bond acceptors (Lipinski definition) is 7. The number of benzene rings is 2. The maximum atomic E-state index is 12.7. The standard InChI is InChI=1S/C19H17N3O6S/c23-19(28-12-13-6-1-3-8-15(13)22(24)25)16-9-5-11-21(16)18-14-7-2-4-10-17(14)29(26,27)20-18/h1-4,6-8,10,16H,5,9,11-12H2. The van der Waals surface area contributed by atoms with Crippen molar-refractivity contribution in [2.45, 2.75) is 30.4 Å². The van der Waals surface area contributed by atoms with E-state index in [1.807, 2.05) is 0 Å². The van der Waals surface area contributed by atoms with Gasteiger partial charge in [-0.3, -0.25) is 10.1 Å². The van der Waals surface area contributed by atoms with Crippen molar-refractivity contribution in [2.24, 2.45) is 4.40 Å². The molecular weight excluding hydrogens is 398 g/mol. The number of ether oxygens (including phenoxy) is 1. The Kier molecular flexibility index (Phi) is 4.79. The van der Waals surface area contributed by atoms with Gasteiger partial charge in [-0.15, -0.1) is 4.40 Å². The molecule has 4 rings (SSSR count). The number of likely N-dealkylation sites (tertiary alicyclic amines) is 1. The molecule has 2 aromatic carbocycles. The maximum Gasteiger partial charge on any atom is 0.329 e. The molecule has 1 unspecified atom stereocenters. The minimum absolute atomic E-state index is 0.119. The number of rotatable bonds is 4. The number of carbonyl (C=O) groups excluding carboxylic acids is 1. The highest BCUT2D eigenvalue weighted by Gasteiger charge is 2.40. The van der Waals surface area contributed by atoms with Crippen molar-refractivity contribution in [2.75, 3.05) is 6.54 Å². The normalized spacial score (nSPS) is 19.5. The molecule has 10 heteroatoms. The highest BCUT2D eigenvalue weighted by atomic mass is 32.2. The third-order valence-electron chi connectivity index (χ3n) is 4.97. The Morgan fingerprint density at radius 2 is 1.93 bits per heavy atom. The number of fused-ring (bicyclic) bond motifs is 1. The van der Waals surface area contributed by atoms with Crippen LogP contribution in [0.15, 0.2) is 57.8 Å². The Balaban J connectivity index is 1.54. The van der Waals surface area contributed by atoms with Gasteiger partial charge in [-0.25, -0.2) is 4.79 Å². The van der Waals surface area contributed by atoms with Crippen LogP contribution in [0, 0.1) is 10.1 Å². The molecule has 1 fully saturated rings. The second-order valence-corrected chi connectivity index (χ2v) is 8.30. The molecule has 0 radical (unpaired) electrons. The number of para-hydroxylation sites is 1. The van der Waals surface area contributed by atoms with Crippen LogP contribution in [0.1, 0.15) is 24.0 Å². The van der Waals surface area contributed by atoms with Gasteiger partial charge < -0.3 is 9.64 Å². The number of carbonyl (C=O) groups is 1. The zero-order valence-electron chi connectivity index (χ0n) is 15.2. The summed E-state index contributed by atoms with van der Waals surface area (Å²) >= 11 is 0. The first kappa shape index (κ1) is 19.1. The van der Waals surface area contributed by atoms with Crippen LogP contribution in [-0.2, 0) is 26.2 Å². The van der Waals surface area contributed by atoms with Gasteiger partial charge in [0, 0.05) is 18.2 Å². The lowest BCUT2D eigenvalue weighted by molar-refractivity contribution is -0.385. The number of nitro groups is 1. The molecule has 2 aromatic rings. The van der Waals surface area contributed by atoms with Crippen molar-refractivity contribution < 1.29 is 22.9 Å². The Morgan fingerprint density at radius 3 is 2.72 bits per heavy atom. The molecule has 0 saturated carbocycles. The molecule has 2 heterocycles. The molecule has 0 aliphatic carbocycles. The van der Waals surface area contributed by atoms with Gasteiger partial charge in [0.2, 0.25) is 0 Å². The second-order valence-electron chi connectivity index (χ2n) is 6.73. The summed E-state index contributed by atoms with van der Waals surface area (Å²) in [6, 6.07) is 11.8. The third kappa shape index (κ3) is 3.46. The van der Waals surface area contributed by atoms with E-state index >= 15 is 0 Å². The summed E-state index contributed by atoms with van der Waals surface area (Å²) in [5.41, 5.74) is 0.635. The van der Waals surface area contributed by atoms with Crippen molar-refractivity contribution in [3.63, 3.8) is 0 Å². The van der Waals surface area contributed by atoms with E-state index in [2.05, 4.69) is 4.40 Å². The predicted octanol–water partition coefficient (Wildman–Crippen LogP) is 2.25. The van der Waals surface area contributed by atoms with E-state index in [0.717, 1.165) is 0 Å². The molecule has 0 N–H and O–H groups in total. The van der Waals surface area contributed by atoms with Crippen LogP contribution < -0.4 is 0 Å². The Labute approximate surface area is 166 Å². The molecule has 0 spiro atoms. The van der Waals surface area contributed by atoms with Gasteiger partial charge in [-0.05, 0) is 31.0 Å². The van der Waals surface area contributed by atoms with Crippen LogP contribution in [0.2, 0.25) is 0 Å². The monoisotopic (exact) mass is 415 g/mol. The molecule has 1 saturated heterocycles. The summed E-state index contributed by atoms with van der Waals surface area (Å²) in [7, 11) is -3.79. The van der Waals surface area contributed by atoms with Gasteiger partial charge in [0.1, 0.15) is 17.5 Å². The van der Waals surface area contributed by atoms with E-state index in [1.165, 1.54) is 24.3 Å². The largest absolute Gasteiger partial charge is 0.459 e. The fraction of sp³-hybridized carbons (Fsp3) is 0.263. The van der Waals surface area contributed by atoms with Crippen molar-refractivity contribution in [3.8, 4) is 0 Å². The van der Waals surface area contributed by atoms with E-state index in [1.54, 1.807) is 29.2 Å². The summed E-state index contributed by atoms with van der Waals surface area (Å²) in [5.74, 6) is -0.323. The average molecular weight is 415 g/mol. The number of nitrogens with zero attached hydrogens (tertiary/aromatic N) is 3. The molecule has 0 bridgehead atoms. The van der Waals surface area contributed by atoms with E-state index in [-0.39, 0.29) is 23.0 Å². The Bertz CT molecular complexity index is 1130. The Morgan fingerprint density at radius 1 is 1.21 bits per heavy atom. The minimum Gasteiger partial charge on any atom is -0.459 e. The van der Waals surface area contributed by atoms with E-state index in [9.17, 15) is 23.3 Å². The molecule has 0 amide bonds. The molecule has 1 atom stereocenters. The number of esters is 1. The van der Waals surface area contributed by atoms with Crippen LogP contribution in [0.4, 0.5) is 5.69 Å². The smallest absolute Gasteiger partial charge is 0.329 e. The zero-order chi connectivity index (χ0) is 20.6. The topological polar surface area (TPSA) is 119 Å². The molecule has 29 heavy (non-hydrogen) atoms. The van der Waals surface area contributed by atoms with Crippen LogP contribution >= 0.6 is 0 Å². The highest BCUT2D eigenvalue weighted by molar-refractivity contribution is 7.90. The molecule has 150 valence electrons. The minimum atomic E-state index is -3.79. The summed E-state index contributed by atoms with van der Waals surface area (Å²) in [6.45, 7) is 0.232. The maximum absolute atomic E-state index is 12.7. The summed E-state index contributed by atoms with van der Waals surface area (Å²) < 4.78 is 33.8. The number of hydrogen-bond donors (Lipinski definition) is 0. The lowest BCUT2D eigenvalue weighted by atomic mass is 10.1. The van der Waals surface area contributed by atoms with Crippen molar-refractivity contribution in [1.82, 2.24) is 4.90 Å². The summed E-state index contributed by atoms with van der Waals surface area (Å²) in [4.78, 5) is 25.0. The van der Waals surface area contributed by atoms with Gasteiger partial charge in [0.25, 0.3) is 15.7 Å². The number of amidine groups is 1. The lowest BCUT2D eigenvalue weighted by Crippen LogP contribution is -2.41. The second kappa shape index (κ2) is 7.28. The molecule has 2 aliphatic rings. The quantitative estimate of drug-likeness (QED) is 0.427. The molecule has 0 aromatic heterocycles. The van der Waals surface area contributed by atoms with Gasteiger partial charge in [0.15, 0.2) is 5.84 Å². The van der Waals surface area contributed by atoms with Gasteiger partial charge in [-0.2, -0.15) is 8.42 Å². The Hall–Kier alpha value is -3.27. The zero-order valence-corrected chi connectivity index (χ0v) is 16.0. The van der Waals surface area contributed by atoms with Crippen LogP contribution in [0.25, 0.3) is 0 Å². The molecule has 9 nitrogen and oxygen atoms in total. The van der Waals surface area contributed by atoms with E-state index in [4.69, 9.17) is 4.74 Å². The summed E-state index contributed by atoms with van der Waals surface area (Å²) in [6.07, 6.45) is 1.16. The first-order valence-corrected chi connectivity index (χ1v) is 10.4. The predicted molar refractivity (Wildman–Crippen MR) is 103 cm³/mol. The highest BCUT2D eigenvalue weighted by Crippen LogP contribution is 2.31. The molecular formula is C19H17N3O6S. The summed E-state index contributed by atoms with van der Waals surface area (Å²) in [5, 5.41) is 11.1. The average Bonchev–Trinajstić information content (AvgIpc) is 3.29. The SMILES string of the molecule is O=C(OCc1ccccc1[N+](=O)[O-])C1CCCN1C1=NS(=O)(=O)c2ccccc21. The first-order chi connectivity index (χ1) is 13.9. The third-order valence-corrected chi connectivity index (χ3v) is 6.29. The molecule has 2 aliphatic heterocycles. The fourth-order valence-corrected chi connectivity index (χ4v) is 4.83. The van der Waals surface area contributed by atoms with Crippen molar-refractivity contribution in [1.29, 1.82) is 0 Å². The van der Waals surface area contributed by atoms with E-state index < -0.39 is 27.0 Å². The van der Waals surface area contributed by atoms with Crippen molar-refractivity contribution in [3.05, 3.63) is 69.8 Å². The van der Waals surface area contributed by atoms with Crippen LogP contribution in [0.3, 0.4) is 0 Å². The fourth-order valence-electron chi connectivity index (χ4n) is 3.62. The van der Waals surface area contributed by atoms with Crippen LogP contribution in [-0.4, -0.2) is 42.6 Å². The van der Waals surface area contributed by atoms with E-state index in [0.29, 0.717) is 30.5 Å². The van der Waals surface area contributed by atoms with Gasteiger partial charge >= 0.3 is 5.97 Å². The lowest BCUT2D eigenvalue weighted by Gasteiger charge is -2.24. The van der Waals surface area contributed by atoms with Gasteiger partial charge in [0.05, 0.1) is 10.5 Å². The van der Waals surface area contributed by atoms with Crippen molar-refractivity contribution >= 4 is 27.5 Å². The van der Waals surface area contributed by atoms with Crippen LogP contribution in [0.5, 0.6) is 0 Å². The number of sulfonamides is 1.